The number of rotatable bonds is 6. The molecule has 3 rings (SSSR count). The van der Waals surface area contributed by atoms with E-state index < -0.39 is 5.60 Å². The summed E-state index contributed by atoms with van der Waals surface area (Å²) in [4.78, 5) is 5.11. The van der Waals surface area contributed by atoms with Crippen LogP contribution in [0.2, 0.25) is 0 Å². The molecule has 27 heavy (non-hydrogen) atoms. The Bertz CT molecular complexity index is 868. The smallest absolute Gasteiger partial charge is 0.193 e. The summed E-state index contributed by atoms with van der Waals surface area (Å²) >= 11 is 1.49. The van der Waals surface area contributed by atoms with Gasteiger partial charge in [-0.1, -0.05) is 30.3 Å². The largest absolute Gasteiger partial charge is 0.457 e. The van der Waals surface area contributed by atoms with Crippen molar-refractivity contribution in [2.45, 2.75) is 12.5 Å². The third kappa shape index (κ3) is 6.23. The molecule has 0 fully saturated rings. The van der Waals surface area contributed by atoms with Gasteiger partial charge in [0, 0.05) is 16.6 Å². The molecule has 0 aliphatic heterocycles. The van der Waals surface area contributed by atoms with E-state index in [1.807, 2.05) is 72.1 Å². The van der Waals surface area contributed by atoms with E-state index in [9.17, 15) is 5.11 Å². The van der Waals surface area contributed by atoms with Crippen molar-refractivity contribution in [3.05, 3.63) is 77.0 Å². The van der Waals surface area contributed by atoms with Gasteiger partial charge < -0.3 is 20.9 Å². The Morgan fingerprint density at radius 2 is 1.85 bits per heavy atom. The highest BCUT2D eigenvalue weighted by molar-refractivity contribution is 14.0. The molecule has 0 spiro atoms. The van der Waals surface area contributed by atoms with Gasteiger partial charge >= 0.3 is 0 Å². The van der Waals surface area contributed by atoms with Crippen LogP contribution in [0.3, 0.4) is 0 Å². The number of nitrogens with one attached hydrogen (secondary N) is 1. The molecule has 0 saturated carbocycles. The number of aliphatic hydroxyl groups is 1. The third-order valence-corrected chi connectivity index (χ3v) is 4.82. The Kier molecular flexibility index (Phi) is 7.64. The van der Waals surface area contributed by atoms with Crippen LogP contribution in [0.4, 0.5) is 5.69 Å². The number of nitrogens with two attached hydrogens (primary N) is 1. The summed E-state index contributed by atoms with van der Waals surface area (Å²) in [5.74, 6) is 1.69. The van der Waals surface area contributed by atoms with Crippen LogP contribution < -0.4 is 15.8 Å². The minimum Gasteiger partial charge on any atom is -0.457 e. The number of hydrogen-bond acceptors (Lipinski definition) is 4. The first kappa shape index (κ1) is 21.2. The topological polar surface area (TPSA) is 79.9 Å². The number of hydrogen-bond donors (Lipinski definition) is 3. The number of benzene rings is 2. The maximum Gasteiger partial charge on any atom is 0.193 e. The molecule has 0 amide bonds. The van der Waals surface area contributed by atoms with Gasteiger partial charge in [-0.15, -0.1) is 35.3 Å². The summed E-state index contributed by atoms with van der Waals surface area (Å²) in [5, 5.41) is 15.4. The molecule has 0 aliphatic rings. The maximum absolute atomic E-state index is 10.5. The van der Waals surface area contributed by atoms with Crippen LogP contribution >= 0.6 is 35.3 Å². The van der Waals surface area contributed by atoms with Crippen LogP contribution in [0, 0.1) is 0 Å². The average Bonchev–Trinajstić information content (AvgIpc) is 3.17. The Morgan fingerprint density at radius 3 is 2.56 bits per heavy atom. The van der Waals surface area contributed by atoms with Crippen molar-refractivity contribution in [2.24, 2.45) is 10.7 Å². The maximum atomic E-state index is 10.5. The molecule has 5 nitrogen and oxygen atoms in total. The zero-order valence-electron chi connectivity index (χ0n) is 14.8. The van der Waals surface area contributed by atoms with Crippen molar-refractivity contribution < 1.29 is 9.84 Å². The Hall–Kier alpha value is -2.10. The lowest BCUT2D eigenvalue weighted by atomic mass is 10.1. The summed E-state index contributed by atoms with van der Waals surface area (Å²) in [6.07, 6.45) is 0. The number of guanidine groups is 1. The van der Waals surface area contributed by atoms with Gasteiger partial charge in [-0.2, -0.15) is 0 Å². The van der Waals surface area contributed by atoms with E-state index in [-0.39, 0.29) is 36.5 Å². The fourth-order valence-corrected chi connectivity index (χ4v) is 3.13. The van der Waals surface area contributed by atoms with Crippen LogP contribution in [0.1, 0.15) is 11.8 Å². The number of ether oxygens (including phenoxy) is 1. The molecule has 142 valence electrons. The summed E-state index contributed by atoms with van der Waals surface area (Å²) in [6.45, 7) is 1.90. The number of halogens is 1. The molecule has 7 heteroatoms. The minimum atomic E-state index is -1.04. The van der Waals surface area contributed by atoms with Gasteiger partial charge in [-0.3, -0.25) is 0 Å². The normalized spacial score (nSPS) is 13.3. The van der Waals surface area contributed by atoms with E-state index in [4.69, 9.17) is 10.5 Å². The number of aliphatic imine (C=N–C) groups is 1. The van der Waals surface area contributed by atoms with Crippen molar-refractivity contribution >= 4 is 47.0 Å². The van der Waals surface area contributed by atoms with E-state index in [1.54, 1.807) is 6.92 Å². The standard InChI is InChI=1S/C20H21N3O2S.HI/c1-20(24,18-11-6-12-26-18)14-22-19(21)23-15-7-5-10-17(13-15)25-16-8-3-2-4-9-16;/h2-13,24H,14H2,1H3,(H3,21,22,23);1H. The third-order valence-electron chi connectivity index (χ3n) is 3.69. The lowest BCUT2D eigenvalue weighted by molar-refractivity contribution is 0.0713. The van der Waals surface area contributed by atoms with Gasteiger partial charge in [0.1, 0.15) is 17.1 Å². The average molecular weight is 495 g/mol. The second-order valence-corrected chi connectivity index (χ2v) is 6.97. The second-order valence-electron chi connectivity index (χ2n) is 6.02. The molecule has 0 radical (unpaired) electrons. The minimum absolute atomic E-state index is 0. The van der Waals surface area contributed by atoms with Gasteiger partial charge in [0.25, 0.3) is 0 Å². The number of anilines is 1. The number of para-hydroxylation sites is 1. The zero-order valence-corrected chi connectivity index (χ0v) is 18.0. The molecule has 1 heterocycles. The van der Waals surface area contributed by atoms with Crippen molar-refractivity contribution in [1.29, 1.82) is 0 Å². The predicted octanol–water partition coefficient (Wildman–Crippen LogP) is 4.79. The summed E-state index contributed by atoms with van der Waals surface area (Å²) < 4.78 is 5.80. The van der Waals surface area contributed by atoms with E-state index >= 15 is 0 Å². The number of thiophene rings is 1. The van der Waals surface area contributed by atoms with Crippen molar-refractivity contribution in [3.8, 4) is 11.5 Å². The molecule has 1 unspecified atom stereocenters. The Morgan fingerprint density at radius 1 is 1.11 bits per heavy atom. The van der Waals surface area contributed by atoms with Gasteiger partial charge in [0.15, 0.2) is 5.96 Å². The Labute approximate surface area is 179 Å². The lowest BCUT2D eigenvalue weighted by Crippen LogP contribution is -2.29. The van der Waals surface area contributed by atoms with Crippen LogP contribution in [-0.2, 0) is 5.60 Å². The van der Waals surface area contributed by atoms with Crippen molar-refractivity contribution in [1.82, 2.24) is 0 Å². The monoisotopic (exact) mass is 495 g/mol. The van der Waals surface area contributed by atoms with Crippen LogP contribution in [0.5, 0.6) is 11.5 Å². The number of nitrogens with zero attached hydrogens (tertiary/aromatic N) is 1. The molecule has 2 aromatic carbocycles. The fraction of sp³-hybridized carbons (Fsp3) is 0.150. The first-order valence-corrected chi connectivity index (χ1v) is 9.07. The summed E-state index contributed by atoms with van der Waals surface area (Å²) in [7, 11) is 0. The molecule has 4 N–H and O–H groups in total. The zero-order chi connectivity index (χ0) is 18.4. The summed E-state index contributed by atoms with van der Waals surface area (Å²) in [5.41, 5.74) is 5.68. The molecule has 0 bridgehead atoms. The van der Waals surface area contributed by atoms with Crippen molar-refractivity contribution in [2.75, 3.05) is 11.9 Å². The molecule has 0 saturated heterocycles. The van der Waals surface area contributed by atoms with Crippen molar-refractivity contribution in [3.63, 3.8) is 0 Å². The molecule has 1 aromatic heterocycles. The molecular formula is C20H22IN3O2S. The fourth-order valence-electron chi connectivity index (χ4n) is 2.35. The first-order chi connectivity index (χ1) is 12.5. The highest BCUT2D eigenvalue weighted by atomic mass is 127. The second kappa shape index (κ2) is 9.72. The predicted molar refractivity (Wildman–Crippen MR) is 122 cm³/mol. The summed E-state index contributed by atoms with van der Waals surface area (Å²) in [6, 6.07) is 20.8. The quantitative estimate of drug-likeness (QED) is 0.261. The highest BCUT2D eigenvalue weighted by Crippen LogP contribution is 2.26. The van der Waals surface area contributed by atoms with Gasteiger partial charge in [0.2, 0.25) is 0 Å². The first-order valence-electron chi connectivity index (χ1n) is 8.19. The molecule has 3 aromatic rings. The van der Waals surface area contributed by atoms with Crippen LogP contribution in [0.25, 0.3) is 0 Å². The molecule has 1 atom stereocenters. The molecular weight excluding hydrogens is 473 g/mol. The lowest BCUT2D eigenvalue weighted by Gasteiger charge is -2.19. The van der Waals surface area contributed by atoms with E-state index in [0.29, 0.717) is 5.75 Å². The van der Waals surface area contributed by atoms with E-state index in [0.717, 1.165) is 16.3 Å². The molecule has 0 aliphatic carbocycles. The van der Waals surface area contributed by atoms with E-state index in [2.05, 4.69) is 10.3 Å². The SMILES string of the molecule is CC(O)(CN=C(N)Nc1cccc(Oc2ccccc2)c1)c1cccs1.I. The highest BCUT2D eigenvalue weighted by Gasteiger charge is 2.23. The van der Waals surface area contributed by atoms with E-state index in [1.165, 1.54) is 11.3 Å². The van der Waals surface area contributed by atoms with Gasteiger partial charge in [-0.05, 0) is 42.6 Å². The van der Waals surface area contributed by atoms with Gasteiger partial charge in [0.05, 0.1) is 6.54 Å². The van der Waals surface area contributed by atoms with Gasteiger partial charge in [-0.25, -0.2) is 4.99 Å². The van der Waals surface area contributed by atoms with Crippen LogP contribution in [-0.4, -0.2) is 17.6 Å². The van der Waals surface area contributed by atoms with Crippen LogP contribution in [0.15, 0.2) is 77.1 Å². The Balaban J connectivity index is 0.00000261.